The summed E-state index contributed by atoms with van der Waals surface area (Å²) in [6, 6.07) is 11.6. The fourth-order valence-electron chi connectivity index (χ4n) is 2.96. The van der Waals surface area contributed by atoms with E-state index in [9.17, 15) is 0 Å². The quantitative estimate of drug-likeness (QED) is 0.563. The molecular formula is C21H27N3O4. The van der Waals surface area contributed by atoms with Crippen LogP contribution in [0, 0.1) is 6.92 Å². The summed E-state index contributed by atoms with van der Waals surface area (Å²) in [7, 11) is 3.19. The molecule has 0 saturated carbocycles. The van der Waals surface area contributed by atoms with E-state index in [4.69, 9.17) is 24.7 Å². The van der Waals surface area contributed by atoms with Crippen molar-refractivity contribution < 1.29 is 18.9 Å². The Bertz CT molecular complexity index is 832. The molecule has 1 unspecified atom stereocenters. The number of nitrogens with two attached hydrogens (primary N) is 1. The van der Waals surface area contributed by atoms with Crippen LogP contribution in [0.15, 0.2) is 41.4 Å². The van der Waals surface area contributed by atoms with E-state index in [1.54, 1.807) is 14.2 Å². The maximum atomic E-state index is 6.11. The first-order chi connectivity index (χ1) is 13.6. The average Bonchev–Trinajstić information content (AvgIpc) is 3.20. The molecule has 1 heterocycles. The van der Waals surface area contributed by atoms with E-state index in [0.717, 1.165) is 35.6 Å². The van der Waals surface area contributed by atoms with Gasteiger partial charge in [-0.3, -0.25) is 0 Å². The monoisotopic (exact) mass is 385 g/mol. The minimum absolute atomic E-state index is 0.0896. The zero-order valence-electron chi connectivity index (χ0n) is 16.5. The number of rotatable bonds is 7. The predicted molar refractivity (Wildman–Crippen MR) is 110 cm³/mol. The van der Waals surface area contributed by atoms with Crippen LogP contribution >= 0.6 is 0 Å². The van der Waals surface area contributed by atoms with Gasteiger partial charge in [0, 0.05) is 23.7 Å². The number of ether oxygens (including phenoxy) is 4. The third-order valence-electron chi connectivity index (χ3n) is 4.48. The van der Waals surface area contributed by atoms with Crippen molar-refractivity contribution in [3.8, 4) is 17.2 Å². The molecule has 3 N–H and O–H groups in total. The highest BCUT2D eigenvalue weighted by Gasteiger charge is 2.18. The molecule has 1 aliphatic rings. The second-order valence-electron chi connectivity index (χ2n) is 6.61. The lowest BCUT2D eigenvalue weighted by Gasteiger charge is -2.16. The number of aryl methyl sites for hydroxylation is 1. The van der Waals surface area contributed by atoms with Crippen molar-refractivity contribution in [2.24, 2.45) is 10.7 Å². The summed E-state index contributed by atoms with van der Waals surface area (Å²) in [4.78, 5) is 4.45. The van der Waals surface area contributed by atoms with Crippen molar-refractivity contribution >= 4 is 11.6 Å². The van der Waals surface area contributed by atoms with Gasteiger partial charge in [0.15, 0.2) is 17.5 Å². The molecule has 0 aliphatic carbocycles. The number of nitrogens with zero attached hydrogens (tertiary/aromatic N) is 1. The van der Waals surface area contributed by atoms with Gasteiger partial charge < -0.3 is 30.0 Å². The number of anilines is 1. The lowest BCUT2D eigenvalue weighted by atomic mass is 10.1. The molecule has 1 saturated heterocycles. The Labute approximate surface area is 165 Å². The van der Waals surface area contributed by atoms with Gasteiger partial charge in [-0.2, -0.15) is 0 Å². The summed E-state index contributed by atoms with van der Waals surface area (Å²) in [5.74, 6) is 2.41. The molecule has 2 aromatic carbocycles. The molecule has 1 fully saturated rings. The van der Waals surface area contributed by atoms with Crippen molar-refractivity contribution in [1.29, 1.82) is 0 Å². The van der Waals surface area contributed by atoms with Crippen molar-refractivity contribution in [2.45, 2.75) is 26.0 Å². The zero-order chi connectivity index (χ0) is 19.9. The molecule has 150 valence electrons. The number of aliphatic imine (C=N–C) groups is 1. The predicted octanol–water partition coefficient (Wildman–Crippen LogP) is 3.11. The molecule has 1 atom stereocenters. The van der Waals surface area contributed by atoms with Crippen molar-refractivity contribution in [1.82, 2.24) is 0 Å². The summed E-state index contributed by atoms with van der Waals surface area (Å²) in [5, 5.41) is 3.07. The van der Waals surface area contributed by atoms with E-state index in [1.807, 2.05) is 43.3 Å². The van der Waals surface area contributed by atoms with Crippen molar-refractivity contribution in [3.63, 3.8) is 0 Å². The molecule has 28 heavy (non-hydrogen) atoms. The number of nitrogens with one attached hydrogen (secondary N) is 1. The minimum atomic E-state index is 0.0896. The number of benzene rings is 2. The summed E-state index contributed by atoms with van der Waals surface area (Å²) >= 11 is 0. The lowest BCUT2D eigenvalue weighted by molar-refractivity contribution is 0.140. The van der Waals surface area contributed by atoms with E-state index in [2.05, 4.69) is 10.3 Å². The summed E-state index contributed by atoms with van der Waals surface area (Å²) < 4.78 is 22.1. The van der Waals surface area contributed by atoms with Gasteiger partial charge in [-0.15, -0.1) is 0 Å². The van der Waals surface area contributed by atoms with Gasteiger partial charge in [-0.05, 0) is 30.7 Å². The van der Waals surface area contributed by atoms with Crippen LogP contribution in [0.2, 0.25) is 0 Å². The fraction of sp³-hybridized carbons (Fsp3) is 0.381. The molecule has 0 aromatic heterocycles. The zero-order valence-corrected chi connectivity index (χ0v) is 16.5. The van der Waals surface area contributed by atoms with Crippen LogP contribution in [0.1, 0.15) is 17.5 Å². The topological polar surface area (TPSA) is 87.3 Å². The fourth-order valence-corrected chi connectivity index (χ4v) is 2.96. The Balaban J connectivity index is 1.69. The Morgan fingerprint density at radius 2 is 1.96 bits per heavy atom. The van der Waals surface area contributed by atoms with Gasteiger partial charge in [-0.25, -0.2) is 4.99 Å². The second-order valence-corrected chi connectivity index (χ2v) is 6.61. The van der Waals surface area contributed by atoms with Gasteiger partial charge in [-0.1, -0.05) is 12.1 Å². The summed E-state index contributed by atoms with van der Waals surface area (Å²) in [6.07, 6.45) is 0.992. The Kier molecular flexibility index (Phi) is 6.60. The number of hydrogen-bond donors (Lipinski definition) is 2. The molecule has 0 bridgehead atoms. The molecule has 0 amide bonds. The first kappa shape index (κ1) is 19.8. The highest BCUT2D eigenvalue weighted by Crippen LogP contribution is 2.29. The molecule has 1 aliphatic heterocycles. The van der Waals surface area contributed by atoms with Crippen molar-refractivity contribution in [3.05, 3.63) is 47.5 Å². The largest absolute Gasteiger partial charge is 0.493 e. The van der Waals surface area contributed by atoms with Crippen LogP contribution in [0.25, 0.3) is 0 Å². The van der Waals surface area contributed by atoms with Gasteiger partial charge in [0.05, 0.1) is 34.0 Å². The van der Waals surface area contributed by atoms with Crippen LogP contribution < -0.4 is 25.3 Å². The van der Waals surface area contributed by atoms with Crippen molar-refractivity contribution in [2.75, 3.05) is 32.8 Å². The third-order valence-corrected chi connectivity index (χ3v) is 4.48. The summed E-state index contributed by atoms with van der Waals surface area (Å²) in [6.45, 7) is 3.82. The third kappa shape index (κ3) is 5.07. The minimum Gasteiger partial charge on any atom is -0.493 e. The molecule has 7 nitrogen and oxygen atoms in total. The van der Waals surface area contributed by atoms with Crippen LogP contribution in [0.3, 0.4) is 0 Å². The Morgan fingerprint density at radius 1 is 1.14 bits per heavy atom. The Hall–Kier alpha value is -2.93. The van der Waals surface area contributed by atoms with Crippen LogP contribution in [0.4, 0.5) is 5.69 Å². The van der Waals surface area contributed by atoms with E-state index >= 15 is 0 Å². The highest BCUT2D eigenvalue weighted by molar-refractivity contribution is 5.92. The van der Waals surface area contributed by atoms with Gasteiger partial charge >= 0.3 is 0 Å². The molecule has 0 radical (unpaired) electrons. The van der Waals surface area contributed by atoms with Crippen LogP contribution in [0.5, 0.6) is 17.2 Å². The van der Waals surface area contributed by atoms with E-state index in [0.29, 0.717) is 30.6 Å². The standard InChI is InChI=1S/C21H27N3O4/c1-14-4-5-15(19(10-14)28-17-8-9-27-13-17)12-23-21(22)24-16-6-7-18(25-2)20(11-16)26-3/h4-7,10-11,17H,8-9,12-13H2,1-3H3,(H3,22,23,24). The molecule has 2 aromatic rings. The second kappa shape index (κ2) is 9.32. The van der Waals surface area contributed by atoms with E-state index in [-0.39, 0.29) is 6.10 Å². The first-order valence-electron chi connectivity index (χ1n) is 9.22. The SMILES string of the molecule is COc1ccc(NC(N)=NCc2ccc(C)cc2OC2CCOC2)cc1OC. The maximum Gasteiger partial charge on any atom is 0.193 e. The van der Waals surface area contributed by atoms with Gasteiger partial charge in [0.1, 0.15) is 11.9 Å². The van der Waals surface area contributed by atoms with E-state index < -0.39 is 0 Å². The molecule has 0 spiro atoms. The lowest BCUT2D eigenvalue weighted by Crippen LogP contribution is -2.22. The van der Waals surface area contributed by atoms with E-state index in [1.165, 1.54) is 0 Å². The van der Waals surface area contributed by atoms with Crippen LogP contribution in [-0.2, 0) is 11.3 Å². The summed E-state index contributed by atoms with van der Waals surface area (Å²) in [5.41, 5.74) is 8.95. The number of hydrogen-bond acceptors (Lipinski definition) is 5. The van der Waals surface area contributed by atoms with Gasteiger partial charge in [0.25, 0.3) is 0 Å². The molecule has 3 rings (SSSR count). The number of guanidine groups is 1. The van der Waals surface area contributed by atoms with Crippen LogP contribution in [-0.4, -0.2) is 39.5 Å². The molecular weight excluding hydrogens is 358 g/mol. The smallest absolute Gasteiger partial charge is 0.193 e. The molecule has 7 heteroatoms. The number of methoxy groups -OCH3 is 2. The highest BCUT2D eigenvalue weighted by atomic mass is 16.5. The Morgan fingerprint density at radius 3 is 2.68 bits per heavy atom. The average molecular weight is 385 g/mol. The van der Waals surface area contributed by atoms with Gasteiger partial charge in [0.2, 0.25) is 0 Å². The first-order valence-corrected chi connectivity index (χ1v) is 9.22. The normalized spacial score (nSPS) is 16.7. The maximum absolute atomic E-state index is 6.11.